The number of hydrogen-bond donors (Lipinski definition) is 0. The van der Waals surface area contributed by atoms with Crippen molar-refractivity contribution in [2.24, 2.45) is 0 Å². The van der Waals surface area contributed by atoms with Gasteiger partial charge in [0.25, 0.3) is 0 Å². The lowest BCUT2D eigenvalue weighted by atomic mass is 10.2. The third-order valence-corrected chi connectivity index (χ3v) is 2.22. The first-order valence-corrected chi connectivity index (χ1v) is 4.19. The van der Waals surface area contributed by atoms with E-state index in [-0.39, 0.29) is 14.8 Å². The van der Waals surface area contributed by atoms with Crippen LogP contribution in [0.1, 0.15) is 17.0 Å². The van der Waals surface area contributed by atoms with Crippen molar-refractivity contribution in [1.82, 2.24) is 4.98 Å². The Kier molecular flexibility index (Phi) is 2.84. The lowest BCUT2D eigenvalue weighted by molar-refractivity contribution is -0.141. The summed E-state index contributed by atoms with van der Waals surface area (Å²) in [6, 6.07) is 0.853. The molecular formula is C8H3F3IN. The number of halogens is 4. The van der Waals surface area contributed by atoms with Gasteiger partial charge in [-0.15, -0.1) is 0 Å². The number of hydrogen-bond acceptors (Lipinski definition) is 1. The van der Waals surface area contributed by atoms with Crippen LogP contribution in [0.2, 0.25) is 0 Å². The molecule has 0 fully saturated rings. The van der Waals surface area contributed by atoms with Crippen molar-refractivity contribution in [2.45, 2.75) is 6.18 Å². The highest BCUT2D eigenvalue weighted by Crippen LogP contribution is 2.29. The number of rotatable bonds is 0. The lowest BCUT2D eigenvalue weighted by Crippen LogP contribution is -2.10. The minimum Gasteiger partial charge on any atom is -0.248 e. The molecule has 5 heteroatoms. The maximum absolute atomic E-state index is 12.1. The van der Waals surface area contributed by atoms with Crippen molar-refractivity contribution in [3.8, 4) is 0 Å². The smallest absolute Gasteiger partial charge is 0.248 e. The fraction of sp³-hybridized carbons (Fsp3) is 0.125. The summed E-state index contributed by atoms with van der Waals surface area (Å²) < 4.78 is 36.6. The second kappa shape index (κ2) is 3.43. The van der Waals surface area contributed by atoms with Crippen LogP contribution in [0.25, 0.3) is 0 Å². The number of alkyl halides is 3. The molecule has 0 aliphatic carbocycles. The fourth-order valence-corrected chi connectivity index (χ4v) is 1.26. The summed E-state index contributed by atoms with van der Waals surface area (Å²) in [5, 5.41) is 0. The fourth-order valence-electron chi connectivity index (χ4n) is 0.688. The maximum atomic E-state index is 12.1. The molecular weight excluding hydrogens is 294 g/mol. The van der Waals surface area contributed by atoms with Gasteiger partial charge in [0.15, 0.2) is 0 Å². The van der Waals surface area contributed by atoms with Gasteiger partial charge in [-0.3, -0.25) is 0 Å². The molecule has 0 unspecified atom stereocenters. The summed E-state index contributed by atoms with van der Waals surface area (Å²) in [7, 11) is 0. The summed E-state index contributed by atoms with van der Waals surface area (Å²) in [5.41, 5.74) is -1.24. The van der Waals surface area contributed by atoms with Crippen molar-refractivity contribution in [3.05, 3.63) is 40.4 Å². The molecule has 1 nitrogen and oxygen atoms in total. The molecule has 0 aliphatic heterocycles. The van der Waals surface area contributed by atoms with E-state index >= 15 is 0 Å². The first kappa shape index (κ1) is 10.7. The Balaban J connectivity index is 3.29. The Hall–Kier alpha value is -0.330. The number of nitrogens with zero attached hydrogens (tertiary/aromatic N) is 1. The van der Waals surface area contributed by atoms with Gasteiger partial charge in [0.05, 0.1) is 5.69 Å². The zero-order chi connectivity index (χ0) is 10.2. The van der Waals surface area contributed by atoms with Crippen LogP contribution in [0.4, 0.5) is 13.2 Å². The highest BCUT2D eigenvalue weighted by atomic mass is 127. The zero-order valence-electron chi connectivity index (χ0n) is 6.19. The number of pyridine rings is 1. The molecule has 13 heavy (non-hydrogen) atoms. The van der Waals surface area contributed by atoms with Crippen molar-refractivity contribution >= 4 is 22.6 Å². The summed E-state index contributed by atoms with van der Waals surface area (Å²) >= 11 is 1.67. The molecule has 1 aromatic rings. The van der Waals surface area contributed by atoms with E-state index in [0.717, 1.165) is 6.07 Å². The summed E-state index contributed by atoms with van der Waals surface area (Å²) in [4.78, 5) is 3.13. The van der Waals surface area contributed by atoms with Gasteiger partial charge >= 0.3 is 6.18 Å². The Morgan fingerprint density at radius 2 is 1.85 bits per heavy atom. The van der Waals surface area contributed by atoms with Crippen LogP contribution in [0.15, 0.2) is 6.07 Å². The van der Waals surface area contributed by atoms with Crippen LogP contribution in [0.5, 0.6) is 0 Å². The second-order valence-electron chi connectivity index (χ2n) is 2.29. The average molecular weight is 297 g/mol. The maximum Gasteiger partial charge on any atom is 0.433 e. The van der Waals surface area contributed by atoms with Crippen molar-refractivity contribution in [3.63, 3.8) is 0 Å². The van der Waals surface area contributed by atoms with Crippen LogP contribution in [-0.2, 0) is 6.18 Å². The molecule has 0 aromatic carbocycles. The van der Waals surface area contributed by atoms with E-state index in [1.54, 1.807) is 22.6 Å². The quantitative estimate of drug-likeness (QED) is 0.671. The van der Waals surface area contributed by atoms with Gasteiger partial charge in [0, 0.05) is 17.4 Å². The van der Waals surface area contributed by atoms with E-state index in [1.165, 1.54) is 0 Å². The topological polar surface area (TPSA) is 12.9 Å². The molecule has 0 atom stereocenters. The van der Waals surface area contributed by atoms with Crippen LogP contribution in [-0.4, -0.2) is 4.98 Å². The molecule has 0 aliphatic rings. The van der Waals surface area contributed by atoms with Gasteiger partial charge in [0.1, 0.15) is 5.69 Å². The number of aromatic nitrogens is 1. The summed E-state index contributed by atoms with van der Waals surface area (Å²) in [5.74, 6) is 0. The molecule has 0 bridgehead atoms. The normalized spacial score (nSPS) is 11.8. The van der Waals surface area contributed by atoms with Crippen LogP contribution in [0, 0.1) is 17.4 Å². The standard InChI is InChI=1S/C8H3F3IN/c1-4-5(2)13-7(3-6(4)12)8(9,10)11/h1-3H. The van der Waals surface area contributed by atoms with Crippen molar-refractivity contribution in [1.29, 1.82) is 0 Å². The van der Waals surface area contributed by atoms with Crippen LogP contribution >= 0.6 is 22.6 Å². The molecule has 0 saturated heterocycles. The lowest BCUT2D eigenvalue weighted by Gasteiger charge is -2.09. The van der Waals surface area contributed by atoms with Gasteiger partial charge in [-0.1, -0.05) is 0 Å². The first-order chi connectivity index (χ1) is 5.82. The van der Waals surface area contributed by atoms with Crippen LogP contribution < -0.4 is 0 Å². The minimum atomic E-state index is -4.48. The SMILES string of the molecule is [CH]c1nc(C(F)(F)F)cc(I)c1[CH]. The average Bonchev–Trinajstić information content (AvgIpc) is 1.97. The van der Waals surface area contributed by atoms with Gasteiger partial charge < -0.3 is 0 Å². The van der Waals surface area contributed by atoms with Gasteiger partial charge in [-0.2, -0.15) is 13.2 Å². The molecule has 0 N–H and O–H groups in total. The second-order valence-corrected chi connectivity index (χ2v) is 3.45. The molecule has 0 spiro atoms. The minimum absolute atomic E-state index is 0.0774. The van der Waals surface area contributed by atoms with E-state index in [9.17, 15) is 13.2 Å². The molecule has 1 heterocycles. The van der Waals surface area contributed by atoms with Gasteiger partial charge in [-0.05, 0) is 34.2 Å². The Labute approximate surface area is 87.5 Å². The third kappa shape index (κ3) is 2.32. The molecule has 0 saturated carbocycles. The highest BCUT2D eigenvalue weighted by molar-refractivity contribution is 14.1. The van der Waals surface area contributed by atoms with E-state index in [4.69, 9.17) is 13.8 Å². The van der Waals surface area contributed by atoms with E-state index < -0.39 is 11.9 Å². The Morgan fingerprint density at radius 3 is 2.23 bits per heavy atom. The van der Waals surface area contributed by atoms with Crippen molar-refractivity contribution < 1.29 is 13.2 Å². The van der Waals surface area contributed by atoms with Crippen molar-refractivity contribution in [2.75, 3.05) is 0 Å². The predicted molar refractivity (Wildman–Crippen MR) is 48.8 cm³/mol. The Morgan fingerprint density at radius 1 is 1.31 bits per heavy atom. The van der Waals surface area contributed by atoms with Gasteiger partial charge in [-0.25, -0.2) is 4.98 Å². The van der Waals surface area contributed by atoms with E-state index in [0.29, 0.717) is 0 Å². The summed E-state index contributed by atoms with van der Waals surface area (Å²) in [6.07, 6.45) is -4.48. The van der Waals surface area contributed by atoms with Gasteiger partial charge in [0.2, 0.25) is 0 Å². The first-order valence-electron chi connectivity index (χ1n) is 3.11. The molecule has 1 aromatic heterocycles. The predicted octanol–water partition coefficient (Wildman–Crippen LogP) is 2.82. The molecule has 1 rings (SSSR count). The highest BCUT2D eigenvalue weighted by Gasteiger charge is 2.33. The third-order valence-electron chi connectivity index (χ3n) is 1.33. The monoisotopic (exact) mass is 297 g/mol. The van der Waals surface area contributed by atoms with E-state index in [2.05, 4.69) is 4.98 Å². The molecule has 68 valence electrons. The van der Waals surface area contributed by atoms with Crippen LogP contribution in [0.3, 0.4) is 0 Å². The summed E-state index contributed by atoms with van der Waals surface area (Å²) in [6.45, 7) is 10.5. The molecule has 0 amide bonds. The zero-order valence-corrected chi connectivity index (χ0v) is 8.35. The molecule has 4 radical (unpaired) electrons. The Bertz CT molecular complexity index is 310. The van der Waals surface area contributed by atoms with E-state index in [1.807, 2.05) is 0 Å². The largest absolute Gasteiger partial charge is 0.433 e.